The van der Waals surface area contributed by atoms with Crippen molar-refractivity contribution in [2.45, 2.75) is 6.54 Å². The Morgan fingerprint density at radius 1 is 1.11 bits per heavy atom. The molecule has 3 rings (SSSR count). The van der Waals surface area contributed by atoms with E-state index in [1.165, 1.54) is 18.2 Å². The summed E-state index contributed by atoms with van der Waals surface area (Å²) >= 11 is 0. The maximum Gasteiger partial charge on any atom is 0.149 e. The average Bonchev–Trinajstić information content (AvgIpc) is 2.82. The van der Waals surface area contributed by atoms with E-state index in [2.05, 4.69) is 15.3 Å². The molecule has 0 amide bonds. The summed E-state index contributed by atoms with van der Waals surface area (Å²) in [4.78, 5) is 7.18. The number of hydrogen-bond acceptors (Lipinski definition) is 2. The number of benzene rings is 1. The Kier molecular flexibility index (Phi) is 2.87. The van der Waals surface area contributed by atoms with Gasteiger partial charge in [0.2, 0.25) is 0 Å². The molecule has 0 saturated carbocycles. The quantitative estimate of drug-likeness (QED) is 0.756. The second kappa shape index (κ2) is 4.68. The van der Waals surface area contributed by atoms with Gasteiger partial charge < -0.3 is 10.3 Å². The van der Waals surface area contributed by atoms with Crippen molar-refractivity contribution in [1.82, 2.24) is 9.97 Å². The van der Waals surface area contributed by atoms with Gasteiger partial charge in [-0.05, 0) is 29.8 Å². The average molecular weight is 259 g/mol. The Labute approximate surface area is 108 Å². The van der Waals surface area contributed by atoms with Crippen LogP contribution in [-0.2, 0) is 6.54 Å². The fraction of sp³-hybridized carbons (Fsp3) is 0.0714. The van der Waals surface area contributed by atoms with Gasteiger partial charge in [0.15, 0.2) is 0 Å². The largest absolute Gasteiger partial charge is 0.376 e. The number of aromatic amines is 1. The van der Waals surface area contributed by atoms with Crippen molar-refractivity contribution in [3.8, 4) is 0 Å². The van der Waals surface area contributed by atoms with Gasteiger partial charge in [0, 0.05) is 24.3 Å². The van der Waals surface area contributed by atoms with Gasteiger partial charge in [-0.1, -0.05) is 6.07 Å². The number of rotatable bonds is 3. The lowest BCUT2D eigenvalue weighted by molar-refractivity contribution is 0.588. The zero-order valence-electron chi connectivity index (χ0n) is 9.95. The summed E-state index contributed by atoms with van der Waals surface area (Å²) in [5.41, 5.74) is 1.56. The lowest BCUT2D eigenvalue weighted by Crippen LogP contribution is -2.03. The minimum Gasteiger partial charge on any atom is -0.376 e. The van der Waals surface area contributed by atoms with Gasteiger partial charge in [0.05, 0.1) is 0 Å². The summed E-state index contributed by atoms with van der Waals surface area (Å²) in [5.74, 6) is -1.20. The summed E-state index contributed by atoms with van der Waals surface area (Å²) in [6, 6.07) is 7.52. The molecule has 0 radical (unpaired) electrons. The molecule has 0 aliphatic heterocycles. The molecular formula is C14H11F2N3. The zero-order chi connectivity index (χ0) is 13.2. The highest BCUT2D eigenvalue weighted by Gasteiger charge is 2.09. The van der Waals surface area contributed by atoms with E-state index in [0.29, 0.717) is 6.54 Å². The molecule has 3 aromatic rings. The summed E-state index contributed by atoms with van der Waals surface area (Å²) in [6.45, 7) is 0.323. The Hall–Kier alpha value is -2.43. The van der Waals surface area contributed by atoms with Crippen LogP contribution in [0.1, 0.15) is 5.56 Å². The van der Waals surface area contributed by atoms with Crippen molar-refractivity contribution in [3.05, 3.63) is 59.9 Å². The molecule has 1 aromatic carbocycles. The van der Waals surface area contributed by atoms with Crippen molar-refractivity contribution in [1.29, 1.82) is 0 Å². The van der Waals surface area contributed by atoms with Crippen LogP contribution in [-0.4, -0.2) is 9.97 Å². The third-order valence-corrected chi connectivity index (χ3v) is 2.96. The SMILES string of the molecule is Fc1cccc(F)c1NCc1c[nH]c2ncccc12. The minimum atomic E-state index is -0.599. The normalized spacial score (nSPS) is 10.8. The van der Waals surface area contributed by atoms with E-state index in [1.807, 2.05) is 12.1 Å². The lowest BCUT2D eigenvalue weighted by atomic mass is 10.2. The molecule has 0 saturated heterocycles. The number of nitrogens with zero attached hydrogens (tertiary/aromatic N) is 1. The van der Waals surface area contributed by atoms with Gasteiger partial charge in [0.25, 0.3) is 0 Å². The third kappa shape index (κ3) is 2.14. The molecule has 2 heterocycles. The summed E-state index contributed by atoms with van der Waals surface area (Å²) < 4.78 is 26.9. The zero-order valence-corrected chi connectivity index (χ0v) is 9.95. The van der Waals surface area contributed by atoms with Gasteiger partial charge in [-0.3, -0.25) is 0 Å². The molecule has 0 aliphatic carbocycles. The molecule has 96 valence electrons. The number of halogens is 2. The first-order chi connectivity index (χ1) is 9.25. The highest BCUT2D eigenvalue weighted by Crippen LogP contribution is 2.21. The molecule has 5 heteroatoms. The van der Waals surface area contributed by atoms with Crippen LogP contribution in [0.2, 0.25) is 0 Å². The van der Waals surface area contributed by atoms with Crippen molar-refractivity contribution < 1.29 is 8.78 Å². The first kappa shape index (κ1) is 11.6. The van der Waals surface area contributed by atoms with Crippen molar-refractivity contribution >= 4 is 16.7 Å². The molecular weight excluding hydrogens is 248 g/mol. The minimum absolute atomic E-state index is 0.110. The van der Waals surface area contributed by atoms with Crippen LogP contribution in [0.5, 0.6) is 0 Å². The van der Waals surface area contributed by atoms with Gasteiger partial charge in [0.1, 0.15) is 23.0 Å². The summed E-state index contributed by atoms with van der Waals surface area (Å²) in [5, 5.41) is 3.71. The highest BCUT2D eigenvalue weighted by atomic mass is 19.1. The number of aromatic nitrogens is 2. The number of anilines is 1. The van der Waals surface area contributed by atoms with Crippen LogP contribution < -0.4 is 5.32 Å². The monoisotopic (exact) mass is 259 g/mol. The Morgan fingerprint density at radius 2 is 1.89 bits per heavy atom. The summed E-state index contributed by atoms with van der Waals surface area (Å²) in [6.07, 6.45) is 3.47. The molecule has 3 nitrogen and oxygen atoms in total. The molecule has 2 aromatic heterocycles. The number of fused-ring (bicyclic) bond motifs is 1. The maximum absolute atomic E-state index is 13.5. The van der Waals surface area contributed by atoms with E-state index in [1.54, 1.807) is 12.4 Å². The molecule has 19 heavy (non-hydrogen) atoms. The number of H-pyrrole nitrogens is 1. The standard InChI is InChI=1S/C14H11F2N3/c15-11-4-1-5-12(16)13(11)18-7-9-8-19-14-10(9)3-2-6-17-14/h1-6,8,18H,7H2,(H,17,19). The van der Waals surface area contributed by atoms with Crippen molar-refractivity contribution in [2.24, 2.45) is 0 Å². The Morgan fingerprint density at radius 3 is 2.68 bits per heavy atom. The smallest absolute Gasteiger partial charge is 0.149 e. The van der Waals surface area contributed by atoms with E-state index < -0.39 is 11.6 Å². The van der Waals surface area contributed by atoms with Crippen LogP contribution in [0, 0.1) is 11.6 Å². The van der Waals surface area contributed by atoms with E-state index in [-0.39, 0.29) is 5.69 Å². The van der Waals surface area contributed by atoms with E-state index in [4.69, 9.17) is 0 Å². The first-order valence-corrected chi connectivity index (χ1v) is 5.84. The number of nitrogens with one attached hydrogen (secondary N) is 2. The molecule has 0 unspecified atom stereocenters. The van der Waals surface area contributed by atoms with Gasteiger partial charge >= 0.3 is 0 Å². The second-order valence-corrected chi connectivity index (χ2v) is 4.16. The van der Waals surface area contributed by atoms with Gasteiger partial charge in [-0.15, -0.1) is 0 Å². The first-order valence-electron chi connectivity index (χ1n) is 5.84. The maximum atomic E-state index is 13.5. The van der Waals surface area contributed by atoms with Crippen LogP contribution in [0.25, 0.3) is 11.0 Å². The van der Waals surface area contributed by atoms with E-state index >= 15 is 0 Å². The fourth-order valence-corrected chi connectivity index (χ4v) is 2.01. The number of para-hydroxylation sites is 1. The van der Waals surface area contributed by atoms with Crippen LogP contribution in [0.4, 0.5) is 14.5 Å². The fourth-order valence-electron chi connectivity index (χ4n) is 2.01. The molecule has 0 atom stereocenters. The molecule has 0 aliphatic rings. The number of hydrogen-bond donors (Lipinski definition) is 2. The predicted octanol–water partition coefficient (Wildman–Crippen LogP) is 3.45. The Bertz CT molecular complexity index is 701. The van der Waals surface area contributed by atoms with Crippen LogP contribution >= 0.6 is 0 Å². The molecule has 0 bridgehead atoms. The van der Waals surface area contributed by atoms with Crippen LogP contribution in [0.15, 0.2) is 42.7 Å². The van der Waals surface area contributed by atoms with Gasteiger partial charge in [-0.2, -0.15) is 0 Å². The van der Waals surface area contributed by atoms with E-state index in [0.717, 1.165) is 16.6 Å². The predicted molar refractivity (Wildman–Crippen MR) is 69.8 cm³/mol. The molecule has 0 spiro atoms. The number of pyridine rings is 1. The van der Waals surface area contributed by atoms with Gasteiger partial charge in [-0.25, -0.2) is 13.8 Å². The van der Waals surface area contributed by atoms with Crippen molar-refractivity contribution in [2.75, 3.05) is 5.32 Å². The third-order valence-electron chi connectivity index (χ3n) is 2.96. The molecule has 0 fully saturated rings. The van der Waals surface area contributed by atoms with Crippen molar-refractivity contribution in [3.63, 3.8) is 0 Å². The Balaban J connectivity index is 1.87. The second-order valence-electron chi connectivity index (χ2n) is 4.16. The van der Waals surface area contributed by atoms with Crippen LogP contribution in [0.3, 0.4) is 0 Å². The molecule has 2 N–H and O–H groups in total. The topological polar surface area (TPSA) is 40.7 Å². The van der Waals surface area contributed by atoms with E-state index in [9.17, 15) is 8.78 Å². The summed E-state index contributed by atoms with van der Waals surface area (Å²) in [7, 11) is 0. The lowest BCUT2D eigenvalue weighted by Gasteiger charge is -2.07. The highest BCUT2D eigenvalue weighted by molar-refractivity contribution is 5.79.